The highest BCUT2D eigenvalue weighted by molar-refractivity contribution is 5.86. The second kappa shape index (κ2) is 3.60. The van der Waals surface area contributed by atoms with Crippen molar-refractivity contribution < 1.29 is 9.90 Å². The van der Waals surface area contributed by atoms with E-state index in [1.165, 1.54) is 0 Å². The van der Waals surface area contributed by atoms with Gasteiger partial charge in [-0.3, -0.25) is 0 Å². The van der Waals surface area contributed by atoms with Gasteiger partial charge in [0.2, 0.25) is 0 Å². The van der Waals surface area contributed by atoms with Crippen molar-refractivity contribution in [2.75, 3.05) is 0 Å². The van der Waals surface area contributed by atoms with Gasteiger partial charge in [-0.25, -0.2) is 9.78 Å². The van der Waals surface area contributed by atoms with Crippen LogP contribution < -0.4 is 0 Å². The van der Waals surface area contributed by atoms with E-state index in [2.05, 4.69) is 4.98 Å². The van der Waals surface area contributed by atoms with Crippen LogP contribution in [0.25, 0.3) is 0 Å². The maximum absolute atomic E-state index is 10.8. The van der Waals surface area contributed by atoms with Gasteiger partial charge in [0.05, 0.1) is 12.0 Å². The van der Waals surface area contributed by atoms with Crippen LogP contribution in [0.5, 0.6) is 0 Å². The van der Waals surface area contributed by atoms with Crippen LogP contribution in [0.15, 0.2) is 6.33 Å². The first kappa shape index (κ1) is 9.77. The summed E-state index contributed by atoms with van der Waals surface area (Å²) in [5.41, 5.74) is 0.877. The van der Waals surface area contributed by atoms with Crippen LogP contribution in [0.1, 0.15) is 30.0 Å². The molecule has 0 aliphatic heterocycles. The average Bonchev–Trinajstić information content (AvgIpc) is 2.30. The minimum atomic E-state index is -0.907. The van der Waals surface area contributed by atoms with Gasteiger partial charge >= 0.3 is 5.97 Å². The van der Waals surface area contributed by atoms with Crippen LogP contribution in [0.4, 0.5) is 0 Å². The first-order valence-electron chi connectivity index (χ1n) is 4.27. The van der Waals surface area contributed by atoms with Gasteiger partial charge in [0.15, 0.2) is 0 Å². The summed E-state index contributed by atoms with van der Waals surface area (Å²) in [5, 5.41) is 8.89. The van der Waals surface area contributed by atoms with Crippen molar-refractivity contribution >= 4 is 5.97 Å². The summed E-state index contributed by atoms with van der Waals surface area (Å²) in [7, 11) is 0. The largest absolute Gasteiger partial charge is 0.477 e. The highest BCUT2D eigenvalue weighted by atomic mass is 16.4. The standard InChI is InChI=1S/C9H14N2O2/c1-6(2)4-11-5-10-7(3)8(11)9(12)13/h5-6H,4H2,1-3H3,(H,12,13). The summed E-state index contributed by atoms with van der Waals surface area (Å²) in [6.07, 6.45) is 1.58. The van der Waals surface area contributed by atoms with E-state index in [0.717, 1.165) is 0 Å². The Morgan fingerprint density at radius 1 is 1.69 bits per heavy atom. The van der Waals surface area contributed by atoms with Crippen LogP contribution in [0.3, 0.4) is 0 Å². The number of hydrogen-bond acceptors (Lipinski definition) is 2. The van der Waals surface area contributed by atoms with Crippen molar-refractivity contribution in [3.05, 3.63) is 17.7 Å². The fourth-order valence-corrected chi connectivity index (χ4v) is 1.29. The average molecular weight is 182 g/mol. The van der Waals surface area contributed by atoms with Crippen molar-refractivity contribution in [3.63, 3.8) is 0 Å². The number of aromatic carboxylic acids is 1. The lowest BCUT2D eigenvalue weighted by Crippen LogP contribution is -2.12. The Hall–Kier alpha value is -1.32. The van der Waals surface area contributed by atoms with Crippen molar-refractivity contribution in [1.82, 2.24) is 9.55 Å². The second-order valence-electron chi connectivity index (χ2n) is 3.53. The molecule has 0 aliphatic carbocycles. The second-order valence-corrected chi connectivity index (χ2v) is 3.53. The Morgan fingerprint density at radius 3 is 2.77 bits per heavy atom. The molecule has 0 aliphatic rings. The number of hydrogen-bond donors (Lipinski definition) is 1. The fourth-order valence-electron chi connectivity index (χ4n) is 1.29. The van der Waals surface area contributed by atoms with Crippen LogP contribution in [-0.2, 0) is 6.54 Å². The molecule has 1 N–H and O–H groups in total. The first-order valence-corrected chi connectivity index (χ1v) is 4.27. The van der Waals surface area contributed by atoms with Gasteiger partial charge in [-0.05, 0) is 12.8 Å². The van der Waals surface area contributed by atoms with Gasteiger partial charge in [-0.15, -0.1) is 0 Å². The van der Waals surface area contributed by atoms with E-state index in [1.54, 1.807) is 17.8 Å². The summed E-state index contributed by atoms with van der Waals surface area (Å²) < 4.78 is 1.68. The van der Waals surface area contributed by atoms with Crippen molar-refractivity contribution in [2.24, 2.45) is 5.92 Å². The molecule has 0 unspecified atom stereocenters. The summed E-state index contributed by atoms with van der Waals surface area (Å²) in [5.74, 6) is -0.484. The third-order valence-corrected chi connectivity index (χ3v) is 1.79. The van der Waals surface area contributed by atoms with E-state index >= 15 is 0 Å². The number of aromatic nitrogens is 2. The first-order chi connectivity index (χ1) is 6.02. The molecule has 0 atom stereocenters. The molecule has 0 saturated carbocycles. The van der Waals surface area contributed by atoms with Crippen LogP contribution in [0.2, 0.25) is 0 Å². The third kappa shape index (κ3) is 2.08. The van der Waals surface area contributed by atoms with Gasteiger partial charge in [0.1, 0.15) is 5.69 Å². The smallest absolute Gasteiger partial charge is 0.354 e. The number of carbonyl (C=O) groups is 1. The Morgan fingerprint density at radius 2 is 2.31 bits per heavy atom. The Bertz CT molecular complexity index is 315. The zero-order valence-corrected chi connectivity index (χ0v) is 8.11. The van der Waals surface area contributed by atoms with Gasteiger partial charge in [-0.1, -0.05) is 13.8 Å². The molecule has 72 valence electrons. The molecular weight excluding hydrogens is 168 g/mol. The number of rotatable bonds is 3. The minimum Gasteiger partial charge on any atom is -0.477 e. The van der Waals surface area contributed by atoms with E-state index in [-0.39, 0.29) is 0 Å². The lowest BCUT2D eigenvalue weighted by molar-refractivity contribution is 0.0683. The number of imidazole rings is 1. The maximum atomic E-state index is 10.8. The summed E-state index contributed by atoms with van der Waals surface area (Å²) >= 11 is 0. The van der Waals surface area contributed by atoms with E-state index in [4.69, 9.17) is 5.11 Å². The normalized spacial score (nSPS) is 10.8. The van der Waals surface area contributed by atoms with E-state index < -0.39 is 5.97 Å². The molecule has 1 aromatic rings. The maximum Gasteiger partial charge on any atom is 0.354 e. The molecule has 1 rings (SSSR count). The topological polar surface area (TPSA) is 55.1 Å². The molecular formula is C9H14N2O2. The number of aryl methyl sites for hydroxylation is 1. The minimum absolute atomic E-state index is 0.300. The molecule has 4 heteroatoms. The lowest BCUT2D eigenvalue weighted by atomic mass is 10.2. The predicted molar refractivity (Wildman–Crippen MR) is 48.8 cm³/mol. The fraction of sp³-hybridized carbons (Fsp3) is 0.556. The highest BCUT2D eigenvalue weighted by Crippen LogP contribution is 2.09. The highest BCUT2D eigenvalue weighted by Gasteiger charge is 2.14. The number of nitrogens with zero attached hydrogens (tertiary/aromatic N) is 2. The zero-order valence-electron chi connectivity index (χ0n) is 8.11. The molecule has 0 saturated heterocycles. The van der Waals surface area contributed by atoms with Crippen LogP contribution in [-0.4, -0.2) is 20.6 Å². The molecule has 1 heterocycles. The molecule has 0 aromatic carbocycles. The molecule has 0 spiro atoms. The molecule has 0 amide bonds. The van der Waals surface area contributed by atoms with Gasteiger partial charge < -0.3 is 9.67 Å². The van der Waals surface area contributed by atoms with E-state index in [9.17, 15) is 4.79 Å². The predicted octanol–water partition coefficient (Wildman–Crippen LogP) is 1.55. The number of carboxylic acid groups (broad SMARTS) is 1. The van der Waals surface area contributed by atoms with Crippen molar-refractivity contribution in [1.29, 1.82) is 0 Å². The van der Waals surface area contributed by atoms with Gasteiger partial charge in [-0.2, -0.15) is 0 Å². The van der Waals surface area contributed by atoms with Crippen molar-refractivity contribution in [2.45, 2.75) is 27.3 Å². The molecule has 0 radical (unpaired) electrons. The molecule has 1 aromatic heterocycles. The Balaban J connectivity index is 3.00. The monoisotopic (exact) mass is 182 g/mol. The van der Waals surface area contributed by atoms with E-state index in [0.29, 0.717) is 23.9 Å². The summed E-state index contributed by atoms with van der Waals surface area (Å²) in [4.78, 5) is 14.8. The SMILES string of the molecule is Cc1ncn(CC(C)C)c1C(=O)O. The molecule has 4 nitrogen and oxygen atoms in total. The lowest BCUT2D eigenvalue weighted by Gasteiger charge is -2.07. The quantitative estimate of drug-likeness (QED) is 0.771. The Labute approximate surface area is 77.2 Å². The summed E-state index contributed by atoms with van der Waals surface area (Å²) in [6.45, 7) is 6.49. The molecule has 0 fully saturated rings. The van der Waals surface area contributed by atoms with Crippen LogP contribution in [0, 0.1) is 12.8 Å². The third-order valence-electron chi connectivity index (χ3n) is 1.79. The van der Waals surface area contributed by atoms with Crippen LogP contribution >= 0.6 is 0 Å². The van der Waals surface area contributed by atoms with E-state index in [1.807, 2.05) is 13.8 Å². The van der Waals surface area contributed by atoms with Gasteiger partial charge in [0, 0.05) is 6.54 Å². The Kier molecular flexibility index (Phi) is 2.70. The molecule has 0 bridgehead atoms. The number of carboxylic acids is 1. The zero-order chi connectivity index (χ0) is 10.0. The summed E-state index contributed by atoms with van der Waals surface area (Å²) in [6, 6.07) is 0. The molecule has 13 heavy (non-hydrogen) atoms. The van der Waals surface area contributed by atoms with Gasteiger partial charge in [0.25, 0.3) is 0 Å². The van der Waals surface area contributed by atoms with Crippen molar-refractivity contribution in [3.8, 4) is 0 Å².